The van der Waals surface area contributed by atoms with E-state index in [2.05, 4.69) is 43.8 Å². The molecule has 0 aliphatic carbocycles. The number of hydrogen-bond donors (Lipinski definition) is 1. The van der Waals surface area contributed by atoms with E-state index in [1.54, 1.807) is 18.2 Å². The minimum Gasteiger partial charge on any atom is -0.488 e. The zero-order chi connectivity index (χ0) is 23.5. The highest BCUT2D eigenvalue weighted by Crippen LogP contribution is 2.27. The van der Waals surface area contributed by atoms with Crippen LogP contribution in [0.5, 0.6) is 5.75 Å². The second kappa shape index (κ2) is 10.5. The first kappa shape index (κ1) is 24.1. The van der Waals surface area contributed by atoms with Crippen LogP contribution in [0.3, 0.4) is 0 Å². The molecule has 1 N–H and O–H groups in total. The number of rotatable bonds is 6. The molecule has 1 saturated heterocycles. The second-order valence-electron chi connectivity index (χ2n) is 7.23. The standard InChI is InChI=1S/C24H16BrCl2IN2O3/c25-17-5-1-14(2-6-17)12-30-23(31)21(29-24(30)32)11-15-4-8-22(20(28)10-15)33-13-16-3-7-18(26)19(27)9-16/h1-11H,12-13H2,(H,29,32)/b21-11+. The van der Waals surface area contributed by atoms with Crippen LogP contribution in [0.4, 0.5) is 4.79 Å². The molecule has 9 heteroatoms. The van der Waals surface area contributed by atoms with Crippen LogP contribution in [0, 0.1) is 3.57 Å². The Morgan fingerprint density at radius 2 is 1.70 bits per heavy atom. The van der Waals surface area contributed by atoms with Gasteiger partial charge in [0, 0.05) is 4.47 Å². The predicted molar refractivity (Wildman–Crippen MR) is 141 cm³/mol. The lowest BCUT2D eigenvalue weighted by molar-refractivity contribution is -0.123. The molecule has 0 saturated carbocycles. The normalized spacial score (nSPS) is 14.7. The van der Waals surface area contributed by atoms with Gasteiger partial charge in [-0.2, -0.15) is 0 Å². The number of hydrogen-bond acceptors (Lipinski definition) is 3. The van der Waals surface area contributed by atoms with Crippen LogP contribution in [-0.2, 0) is 17.9 Å². The van der Waals surface area contributed by atoms with Gasteiger partial charge in [0.1, 0.15) is 18.1 Å². The molecule has 0 bridgehead atoms. The summed E-state index contributed by atoms with van der Waals surface area (Å²) in [5, 5.41) is 3.63. The highest BCUT2D eigenvalue weighted by Gasteiger charge is 2.33. The molecule has 5 nitrogen and oxygen atoms in total. The molecule has 0 radical (unpaired) electrons. The molecular weight excluding hydrogens is 642 g/mol. The maximum atomic E-state index is 12.8. The smallest absolute Gasteiger partial charge is 0.329 e. The van der Waals surface area contributed by atoms with Crippen molar-refractivity contribution in [1.29, 1.82) is 0 Å². The monoisotopic (exact) mass is 656 g/mol. The molecule has 3 aromatic carbocycles. The Labute approximate surface area is 223 Å². The average molecular weight is 658 g/mol. The highest BCUT2D eigenvalue weighted by atomic mass is 127. The largest absolute Gasteiger partial charge is 0.488 e. The van der Waals surface area contributed by atoms with E-state index in [0.29, 0.717) is 22.4 Å². The molecule has 1 heterocycles. The predicted octanol–water partition coefficient (Wildman–Crippen LogP) is 7.03. The fourth-order valence-electron chi connectivity index (χ4n) is 3.17. The van der Waals surface area contributed by atoms with Crippen LogP contribution in [0.15, 0.2) is 70.8 Å². The molecule has 1 aliphatic heterocycles. The molecule has 0 spiro atoms. The average Bonchev–Trinajstić information content (AvgIpc) is 3.04. The van der Waals surface area contributed by atoms with Crippen LogP contribution >= 0.6 is 61.7 Å². The summed E-state index contributed by atoms with van der Waals surface area (Å²) >= 11 is 17.6. The fraction of sp³-hybridized carbons (Fsp3) is 0.0833. The van der Waals surface area contributed by atoms with Gasteiger partial charge < -0.3 is 10.1 Å². The molecule has 4 rings (SSSR count). The zero-order valence-electron chi connectivity index (χ0n) is 16.9. The Balaban J connectivity index is 1.44. The lowest BCUT2D eigenvalue weighted by Crippen LogP contribution is -2.30. The number of nitrogens with zero attached hydrogens (tertiary/aromatic N) is 1. The second-order valence-corrected chi connectivity index (χ2v) is 10.1. The van der Waals surface area contributed by atoms with Crippen molar-refractivity contribution in [3.63, 3.8) is 0 Å². The Morgan fingerprint density at radius 3 is 2.39 bits per heavy atom. The van der Waals surface area contributed by atoms with Gasteiger partial charge in [-0.3, -0.25) is 9.69 Å². The van der Waals surface area contributed by atoms with Crippen LogP contribution < -0.4 is 10.1 Å². The number of nitrogens with one attached hydrogen (secondary N) is 1. The van der Waals surface area contributed by atoms with Gasteiger partial charge in [0.05, 0.1) is 20.2 Å². The minimum absolute atomic E-state index is 0.203. The number of ether oxygens (including phenoxy) is 1. The number of amides is 3. The van der Waals surface area contributed by atoms with Crippen LogP contribution in [0.2, 0.25) is 10.0 Å². The number of imide groups is 1. The highest BCUT2D eigenvalue weighted by molar-refractivity contribution is 14.1. The van der Waals surface area contributed by atoms with E-state index >= 15 is 0 Å². The van der Waals surface area contributed by atoms with E-state index in [0.717, 1.165) is 24.7 Å². The van der Waals surface area contributed by atoms with E-state index in [-0.39, 0.29) is 18.1 Å². The first-order valence-electron chi connectivity index (χ1n) is 9.75. The fourth-order valence-corrected chi connectivity index (χ4v) is 4.45. The van der Waals surface area contributed by atoms with Crippen molar-refractivity contribution in [2.75, 3.05) is 0 Å². The van der Waals surface area contributed by atoms with Gasteiger partial charge in [-0.15, -0.1) is 0 Å². The van der Waals surface area contributed by atoms with E-state index in [9.17, 15) is 9.59 Å². The molecule has 0 unspecified atom stereocenters. The molecule has 0 aromatic heterocycles. The first-order valence-corrected chi connectivity index (χ1v) is 12.4. The van der Waals surface area contributed by atoms with Gasteiger partial charge >= 0.3 is 6.03 Å². The first-order chi connectivity index (χ1) is 15.8. The van der Waals surface area contributed by atoms with Crippen molar-refractivity contribution in [2.24, 2.45) is 0 Å². The quantitative estimate of drug-likeness (QED) is 0.176. The third-order valence-corrected chi connectivity index (χ3v) is 6.97. The molecule has 1 fully saturated rings. The van der Waals surface area contributed by atoms with Gasteiger partial charge in [0.15, 0.2) is 0 Å². The summed E-state index contributed by atoms with van der Waals surface area (Å²) in [4.78, 5) is 26.3. The van der Waals surface area contributed by atoms with E-state index < -0.39 is 6.03 Å². The Bertz CT molecular complexity index is 1270. The summed E-state index contributed by atoms with van der Waals surface area (Å²) in [5.74, 6) is 0.334. The number of benzene rings is 3. The van der Waals surface area contributed by atoms with Crippen molar-refractivity contribution in [2.45, 2.75) is 13.2 Å². The Hall–Kier alpha value is -2.07. The van der Waals surface area contributed by atoms with Crippen LogP contribution in [0.1, 0.15) is 16.7 Å². The van der Waals surface area contributed by atoms with E-state index in [1.165, 1.54) is 4.90 Å². The van der Waals surface area contributed by atoms with Crippen molar-refractivity contribution >= 4 is 79.7 Å². The summed E-state index contributed by atoms with van der Waals surface area (Å²) in [7, 11) is 0. The van der Waals surface area contributed by atoms with E-state index in [1.807, 2.05) is 48.5 Å². The van der Waals surface area contributed by atoms with Gasteiger partial charge in [-0.05, 0) is 81.8 Å². The van der Waals surface area contributed by atoms with Crippen molar-refractivity contribution in [3.05, 3.63) is 101 Å². The maximum absolute atomic E-state index is 12.8. The third-order valence-electron chi connectivity index (χ3n) is 4.86. The van der Waals surface area contributed by atoms with Gasteiger partial charge in [0.2, 0.25) is 0 Å². The number of carbonyl (C=O) groups excluding carboxylic acids is 2. The lowest BCUT2D eigenvalue weighted by atomic mass is 10.1. The summed E-state index contributed by atoms with van der Waals surface area (Å²) in [6.07, 6.45) is 1.66. The lowest BCUT2D eigenvalue weighted by Gasteiger charge is -2.11. The Morgan fingerprint density at radius 1 is 0.970 bits per heavy atom. The van der Waals surface area contributed by atoms with E-state index in [4.69, 9.17) is 27.9 Å². The molecule has 33 heavy (non-hydrogen) atoms. The summed E-state index contributed by atoms with van der Waals surface area (Å²) in [6, 6.07) is 17.9. The van der Waals surface area contributed by atoms with Gasteiger partial charge in [-0.25, -0.2) is 4.79 Å². The molecule has 1 aliphatic rings. The minimum atomic E-state index is -0.439. The Kier molecular flexibility index (Phi) is 7.63. The zero-order valence-corrected chi connectivity index (χ0v) is 22.2. The van der Waals surface area contributed by atoms with Crippen LogP contribution in [0.25, 0.3) is 6.08 Å². The van der Waals surface area contributed by atoms with Crippen LogP contribution in [-0.4, -0.2) is 16.8 Å². The number of urea groups is 1. The topological polar surface area (TPSA) is 58.6 Å². The van der Waals surface area contributed by atoms with Crippen molar-refractivity contribution in [1.82, 2.24) is 10.2 Å². The van der Waals surface area contributed by atoms with Gasteiger partial charge in [0.25, 0.3) is 5.91 Å². The molecule has 0 atom stereocenters. The SMILES string of the molecule is O=C1N/C(=C/c2ccc(OCc3ccc(Cl)c(Cl)c3)c(I)c2)C(=O)N1Cc1ccc(Br)cc1. The molecule has 3 aromatic rings. The summed E-state index contributed by atoms with van der Waals surface area (Å²) in [6.45, 7) is 0.543. The molecule has 168 valence electrons. The summed E-state index contributed by atoms with van der Waals surface area (Å²) in [5.41, 5.74) is 2.77. The van der Waals surface area contributed by atoms with Crippen molar-refractivity contribution < 1.29 is 14.3 Å². The maximum Gasteiger partial charge on any atom is 0.329 e. The number of halogens is 4. The molecule has 3 amide bonds. The molecular formula is C24H16BrCl2IN2O3. The summed E-state index contributed by atoms with van der Waals surface area (Å²) < 4.78 is 7.69. The van der Waals surface area contributed by atoms with Gasteiger partial charge in [-0.1, -0.05) is 63.4 Å². The van der Waals surface area contributed by atoms with Crippen molar-refractivity contribution in [3.8, 4) is 5.75 Å². The number of carbonyl (C=O) groups is 2. The third kappa shape index (κ3) is 5.90.